The zero-order chi connectivity index (χ0) is 21.3. The molecule has 3 aromatic carbocycles. The number of ether oxygens (including phenoxy) is 3. The van der Waals surface area contributed by atoms with Gasteiger partial charge in [-0.2, -0.15) is 0 Å². The summed E-state index contributed by atoms with van der Waals surface area (Å²) < 4.78 is 16.5. The fourth-order valence-corrected chi connectivity index (χ4v) is 3.05. The molecule has 4 heteroatoms. The van der Waals surface area contributed by atoms with Gasteiger partial charge in [-0.05, 0) is 54.8 Å². The third-order valence-electron chi connectivity index (χ3n) is 4.64. The van der Waals surface area contributed by atoms with Gasteiger partial charge in [-0.1, -0.05) is 54.6 Å². The van der Waals surface area contributed by atoms with Crippen LogP contribution in [0.15, 0.2) is 66.7 Å². The van der Waals surface area contributed by atoms with Gasteiger partial charge in [0.1, 0.15) is 18.1 Å². The molecule has 0 unspecified atom stereocenters. The summed E-state index contributed by atoms with van der Waals surface area (Å²) in [4.78, 5) is 11.8. The Bertz CT molecular complexity index is 1020. The van der Waals surface area contributed by atoms with E-state index in [0.29, 0.717) is 18.8 Å². The van der Waals surface area contributed by atoms with E-state index in [9.17, 15) is 4.79 Å². The molecule has 3 rings (SSSR count). The zero-order valence-electron chi connectivity index (χ0n) is 17.6. The molecule has 0 atom stereocenters. The summed E-state index contributed by atoms with van der Waals surface area (Å²) in [6.45, 7) is 4.65. The van der Waals surface area contributed by atoms with Crippen molar-refractivity contribution in [1.29, 1.82) is 0 Å². The smallest absolute Gasteiger partial charge is 0.338 e. The molecule has 0 fully saturated rings. The molecule has 0 heterocycles. The minimum atomic E-state index is -0.306. The summed E-state index contributed by atoms with van der Waals surface area (Å²) in [5.74, 6) is 1.35. The molecule has 0 saturated carbocycles. The SMILES string of the molecule is CCOC(=O)c1ccc(C=Cc2cccc(C)c2OCc2cccc(OC)c2)cc1. The number of rotatable bonds is 8. The van der Waals surface area contributed by atoms with Crippen molar-refractivity contribution >= 4 is 18.1 Å². The first-order valence-corrected chi connectivity index (χ1v) is 9.91. The zero-order valence-corrected chi connectivity index (χ0v) is 17.6. The Balaban J connectivity index is 1.74. The number of carbonyl (C=O) groups is 1. The normalized spacial score (nSPS) is 10.8. The second-order valence-electron chi connectivity index (χ2n) is 6.81. The van der Waals surface area contributed by atoms with Crippen LogP contribution in [0.2, 0.25) is 0 Å². The summed E-state index contributed by atoms with van der Waals surface area (Å²) in [6.07, 6.45) is 4.02. The highest BCUT2D eigenvalue weighted by Crippen LogP contribution is 2.27. The van der Waals surface area contributed by atoms with E-state index < -0.39 is 0 Å². The Morgan fingerprint density at radius 3 is 2.47 bits per heavy atom. The Morgan fingerprint density at radius 1 is 0.967 bits per heavy atom. The summed E-state index contributed by atoms with van der Waals surface area (Å²) in [5, 5.41) is 0. The number of benzene rings is 3. The molecular weight excluding hydrogens is 376 g/mol. The Labute approximate surface area is 177 Å². The van der Waals surface area contributed by atoms with Crippen LogP contribution < -0.4 is 9.47 Å². The molecule has 0 saturated heterocycles. The van der Waals surface area contributed by atoms with Crippen LogP contribution >= 0.6 is 0 Å². The van der Waals surface area contributed by atoms with Gasteiger partial charge in [0, 0.05) is 5.56 Å². The molecule has 0 aliphatic heterocycles. The van der Waals surface area contributed by atoms with E-state index in [1.54, 1.807) is 26.2 Å². The fraction of sp³-hybridized carbons (Fsp3) is 0.192. The molecule has 30 heavy (non-hydrogen) atoms. The summed E-state index contributed by atoms with van der Waals surface area (Å²) in [5.41, 5.74) is 4.64. The maximum Gasteiger partial charge on any atom is 0.338 e. The molecule has 0 spiro atoms. The van der Waals surface area contributed by atoms with Crippen LogP contribution in [0.5, 0.6) is 11.5 Å². The van der Waals surface area contributed by atoms with Crippen molar-refractivity contribution in [2.45, 2.75) is 20.5 Å². The Kier molecular flexibility index (Phi) is 7.28. The average molecular weight is 402 g/mol. The molecule has 0 aliphatic rings. The molecular formula is C26H26O4. The highest BCUT2D eigenvalue weighted by molar-refractivity contribution is 5.89. The van der Waals surface area contributed by atoms with Crippen LogP contribution in [0.3, 0.4) is 0 Å². The molecule has 0 amide bonds. The monoisotopic (exact) mass is 402 g/mol. The lowest BCUT2D eigenvalue weighted by molar-refractivity contribution is 0.0526. The molecule has 3 aromatic rings. The van der Waals surface area contributed by atoms with Gasteiger partial charge in [-0.3, -0.25) is 0 Å². The van der Waals surface area contributed by atoms with Crippen LogP contribution in [0.25, 0.3) is 12.2 Å². The third kappa shape index (κ3) is 5.51. The van der Waals surface area contributed by atoms with Gasteiger partial charge in [-0.15, -0.1) is 0 Å². The number of para-hydroxylation sites is 1. The van der Waals surface area contributed by atoms with Crippen LogP contribution in [-0.4, -0.2) is 19.7 Å². The summed E-state index contributed by atoms with van der Waals surface area (Å²) >= 11 is 0. The van der Waals surface area contributed by atoms with Gasteiger partial charge >= 0.3 is 5.97 Å². The van der Waals surface area contributed by atoms with Crippen molar-refractivity contribution in [2.24, 2.45) is 0 Å². The first-order valence-electron chi connectivity index (χ1n) is 9.91. The second kappa shape index (κ2) is 10.3. The second-order valence-corrected chi connectivity index (χ2v) is 6.81. The summed E-state index contributed by atoms with van der Waals surface area (Å²) in [7, 11) is 1.66. The van der Waals surface area contributed by atoms with Crippen molar-refractivity contribution in [1.82, 2.24) is 0 Å². The molecule has 0 bridgehead atoms. The number of aryl methyl sites for hydroxylation is 1. The van der Waals surface area contributed by atoms with Crippen molar-refractivity contribution in [3.8, 4) is 11.5 Å². The lowest BCUT2D eigenvalue weighted by atomic mass is 10.1. The Hall–Kier alpha value is -3.53. The van der Waals surface area contributed by atoms with Crippen molar-refractivity contribution < 1.29 is 19.0 Å². The number of methoxy groups -OCH3 is 1. The van der Waals surface area contributed by atoms with Gasteiger partial charge in [0.2, 0.25) is 0 Å². The quantitative estimate of drug-likeness (QED) is 0.346. The molecule has 0 aliphatic carbocycles. The first-order chi connectivity index (χ1) is 14.6. The van der Waals surface area contributed by atoms with Crippen molar-refractivity contribution in [2.75, 3.05) is 13.7 Å². The number of carbonyl (C=O) groups excluding carboxylic acids is 1. The van der Waals surface area contributed by atoms with Crippen molar-refractivity contribution in [3.63, 3.8) is 0 Å². The van der Waals surface area contributed by atoms with Crippen LogP contribution in [-0.2, 0) is 11.3 Å². The standard InChI is InChI=1S/C26H26O4/c1-4-29-26(27)23-15-12-20(13-16-23)11-14-22-9-5-7-19(2)25(22)30-18-21-8-6-10-24(17-21)28-3/h5-17H,4,18H2,1-3H3. The summed E-state index contributed by atoms with van der Waals surface area (Å²) in [6, 6.07) is 21.3. The fourth-order valence-electron chi connectivity index (χ4n) is 3.05. The van der Waals surface area contributed by atoms with Gasteiger partial charge in [0.15, 0.2) is 0 Å². The van der Waals surface area contributed by atoms with Crippen LogP contribution in [0, 0.1) is 6.92 Å². The molecule has 154 valence electrons. The first kappa shape index (κ1) is 21.2. The largest absolute Gasteiger partial charge is 0.497 e. The van der Waals surface area contributed by atoms with Crippen LogP contribution in [0.4, 0.5) is 0 Å². The van der Waals surface area contributed by atoms with E-state index >= 15 is 0 Å². The van der Waals surface area contributed by atoms with Crippen molar-refractivity contribution in [3.05, 3.63) is 94.5 Å². The molecule has 4 nitrogen and oxygen atoms in total. The highest BCUT2D eigenvalue weighted by atomic mass is 16.5. The van der Waals surface area contributed by atoms with Gasteiger partial charge in [0.05, 0.1) is 19.3 Å². The number of hydrogen-bond acceptors (Lipinski definition) is 4. The maximum absolute atomic E-state index is 11.8. The lowest BCUT2D eigenvalue weighted by Crippen LogP contribution is -2.03. The van der Waals surface area contributed by atoms with E-state index in [2.05, 4.69) is 0 Å². The van der Waals surface area contributed by atoms with E-state index in [4.69, 9.17) is 14.2 Å². The van der Waals surface area contributed by atoms with E-state index in [1.165, 1.54) is 0 Å². The van der Waals surface area contributed by atoms with Gasteiger partial charge in [-0.25, -0.2) is 4.79 Å². The third-order valence-corrected chi connectivity index (χ3v) is 4.64. The predicted octanol–water partition coefficient (Wildman–Crippen LogP) is 5.93. The van der Waals surface area contributed by atoms with E-state index in [0.717, 1.165) is 33.8 Å². The lowest BCUT2D eigenvalue weighted by Gasteiger charge is -2.13. The predicted molar refractivity (Wildman–Crippen MR) is 120 cm³/mol. The molecule has 0 aromatic heterocycles. The van der Waals surface area contributed by atoms with Gasteiger partial charge in [0.25, 0.3) is 0 Å². The minimum Gasteiger partial charge on any atom is -0.497 e. The van der Waals surface area contributed by atoms with E-state index in [1.807, 2.05) is 73.7 Å². The Morgan fingerprint density at radius 2 is 1.73 bits per heavy atom. The highest BCUT2D eigenvalue weighted by Gasteiger charge is 2.07. The minimum absolute atomic E-state index is 0.306. The van der Waals surface area contributed by atoms with E-state index in [-0.39, 0.29) is 5.97 Å². The molecule has 0 N–H and O–H groups in total. The topological polar surface area (TPSA) is 44.8 Å². The maximum atomic E-state index is 11.8. The average Bonchev–Trinajstić information content (AvgIpc) is 2.77. The van der Waals surface area contributed by atoms with Gasteiger partial charge < -0.3 is 14.2 Å². The molecule has 0 radical (unpaired) electrons. The number of hydrogen-bond donors (Lipinski definition) is 0. The van der Waals surface area contributed by atoms with Crippen LogP contribution in [0.1, 0.15) is 39.5 Å². The number of esters is 1.